The Labute approximate surface area is 144 Å². The van der Waals surface area contributed by atoms with E-state index in [1.54, 1.807) is 24.3 Å². The molecule has 0 N–H and O–H groups in total. The van der Waals surface area contributed by atoms with Crippen LogP contribution in [-0.4, -0.2) is 17.5 Å². The van der Waals surface area contributed by atoms with Gasteiger partial charge in [0.1, 0.15) is 12.4 Å². The second-order valence-corrected chi connectivity index (χ2v) is 5.34. The van der Waals surface area contributed by atoms with Crippen LogP contribution in [0.5, 0.6) is 0 Å². The molecular formula is C19H15NO5. The van der Waals surface area contributed by atoms with Crippen LogP contribution in [0, 0.1) is 10.1 Å². The van der Waals surface area contributed by atoms with Crippen LogP contribution in [0.3, 0.4) is 0 Å². The van der Waals surface area contributed by atoms with E-state index >= 15 is 0 Å². The quantitative estimate of drug-likeness (QED) is 0.455. The van der Waals surface area contributed by atoms with Gasteiger partial charge in [0.2, 0.25) is 0 Å². The molecule has 0 amide bonds. The second-order valence-electron chi connectivity index (χ2n) is 5.34. The zero-order valence-electron chi connectivity index (χ0n) is 13.2. The third-order valence-electron chi connectivity index (χ3n) is 3.59. The van der Waals surface area contributed by atoms with E-state index in [1.807, 2.05) is 30.3 Å². The molecule has 0 fully saturated rings. The molecule has 0 saturated carbocycles. The van der Waals surface area contributed by atoms with E-state index in [0.29, 0.717) is 11.3 Å². The summed E-state index contributed by atoms with van der Waals surface area (Å²) < 4.78 is 10.9. The number of hydrogen-bond donors (Lipinski definition) is 0. The van der Waals surface area contributed by atoms with Crippen molar-refractivity contribution < 1.29 is 19.2 Å². The van der Waals surface area contributed by atoms with E-state index < -0.39 is 17.0 Å². The Morgan fingerprint density at radius 1 is 1.16 bits per heavy atom. The molecule has 6 nitrogen and oxygen atoms in total. The van der Waals surface area contributed by atoms with Crippen molar-refractivity contribution >= 4 is 17.7 Å². The van der Waals surface area contributed by atoms with Gasteiger partial charge in [-0.3, -0.25) is 10.1 Å². The number of cyclic esters (lactones) is 1. The summed E-state index contributed by atoms with van der Waals surface area (Å²) in [6, 6.07) is 15.6. The van der Waals surface area contributed by atoms with Gasteiger partial charge in [-0.2, -0.15) is 0 Å². The molecule has 1 heterocycles. The summed E-state index contributed by atoms with van der Waals surface area (Å²) in [5.41, 5.74) is 1.57. The van der Waals surface area contributed by atoms with Crippen LogP contribution in [0.1, 0.15) is 17.2 Å². The van der Waals surface area contributed by atoms with E-state index in [1.165, 1.54) is 18.2 Å². The Balaban J connectivity index is 1.63. The summed E-state index contributed by atoms with van der Waals surface area (Å²) in [6.07, 6.45) is 4.24. The molecule has 2 aromatic rings. The van der Waals surface area contributed by atoms with Crippen molar-refractivity contribution in [3.05, 3.63) is 93.7 Å². The number of hydrogen-bond acceptors (Lipinski definition) is 5. The SMILES string of the molecule is O=C1C=C(OC/C=C/c2cccc([N+](=O)[O-])c2)[C@H](c2ccccc2)O1. The van der Waals surface area contributed by atoms with Crippen molar-refractivity contribution in [2.75, 3.05) is 6.61 Å². The van der Waals surface area contributed by atoms with Gasteiger partial charge < -0.3 is 9.47 Å². The van der Waals surface area contributed by atoms with Gasteiger partial charge in [-0.05, 0) is 11.6 Å². The summed E-state index contributed by atoms with van der Waals surface area (Å²) in [4.78, 5) is 21.9. The van der Waals surface area contributed by atoms with Crippen molar-refractivity contribution in [2.24, 2.45) is 0 Å². The summed E-state index contributed by atoms with van der Waals surface area (Å²) in [6.45, 7) is 0.217. The number of non-ortho nitro benzene ring substituents is 1. The fraction of sp³-hybridized carbons (Fsp3) is 0.105. The lowest BCUT2D eigenvalue weighted by Crippen LogP contribution is -2.05. The fourth-order valence-corrected chi connectivity index (χ4v) is 2.45. The molecule has 3 rings (SSSR count). The van der Waals surface area contributed by atoms with Gasteiger partial charge in [0, 0.05) is 17.7 Å². The molecule has 0 bridgehead atoms. The Kier molecular flexibility index (Phi) is 4.89. The van der Waals surface area contributed by atoms with Gasteiger partial charge in [-0.15, -0.1) is 0 Å². The van der Waals surface area contributed by atoms with Crippen molar-refractivity contribution in [3.8, 4) is 0 Å². The molecule has 0 saturated heterocycles. The van der Waals surface area contributed by atoms with Crippen molar-refractivity contribution in [2.45, 2.75) is 6.10 Å². The highest BCUT2D eigenvalue weighted by Gasteiger charge is 2.29. The molecule has 0 radical (unpaired) electrons. The number of nitro groups is 1. The zero-order chi connectivity index (χ0) is 17.6. The lowest BCUT2D eigenvalue weighted by Gasteiger charge is -2.14. The van der Waals surface area contributed by atoms with Crippen LogP contribution >= 0.6 is 0 Å². The Hall–Kier alpha value is -3.41. The minimum Gasteiger partial charge on any atom is -0.489 e. The van der Waals surface area contributed by atoms with Gasteiger partial charge in [-0.1, -0.05) is 48.5 Å². The largest absolute Gasteiger partial charge is 0.489 e. The van der Waals surface area contributed by atoms with Crippen LogP contribution < -0.4 is 0 Å². The Bertz CT molecular complexity index is 842. The predicted octanol–water partition coefficient (Wildman–Crippen LogP) is 3.81. The van der Waals surface area contributed by atoms with Crippen molar-refractivity contribution in [3.63, 3.8) is 0 Å². The first kappa shape index (κ1) is 16.4. The lowest BCUT2D eigenvalue weighted by molar-refractivity contribution is -0.384. The Morgan fingerprint density at radius 3 is 2.72 bits per heavy atom. The van der Waals surface area contributed by atoms with Gasteiger partial charge in [-0.25, -0.2) is 4.79 Å². The molecule has 1 aliphatic rings. The van der Waals surface area contributed by atoms with E-state index in [9.17, 15) is 14.9 Å². The van der Waals surface area contributed by atoms with Crippen molar-refractivity contribution in [1.29, 1.82) is 0 Å². The number of rotatable bonds is 6. The summed E-state index contributed by atoms with van der Waals surface area (Å²) in [7, 11) is 0. The maximum Gasteiger partial charge on any atom is 0.335 e. The van der Waals surface area contributed by atoms with Gasteiger partial charge >= 0.3 is 5.97 Å². The third kappa shape index (κ3) is 4.11. The van der Waals surface area contributed by atoms with Crippen LogP contribution in [0.25, 0.3) is 6.08 Å². The molecule has 0 aliphatic carbocycles. The van der Waals surface area contributed by atoms with Crippen molar-refractivity contribution in [1.82, 2.24) is 0 Å². The number of nitro benzene ring substituents is 1. The van der Waals surface area contributed by atoms with Crippen LogP contribution in [-0.2, 0) is 14.3 Å². The maximum absolute atomic E-state index is 11.5. The molecule has 1 atom stereocenters. The number of ether oxygens (including phenoxy) is 2. The second kappa shape index (κ2) is 7.44. The zero-order valence-corrected chi connectivity index (χ0v) is 13.2. The number of carbonyl (C=O) groups excluding carboxylic acids is 1. The molecule has 0 aromatic heterocycles. The number of benzene rings is 2. The molecule has 6 heteroatoms. The third-order valence-corrected chi connectivity index (χ3v) is 3.59. The molecule has 25 heavy (non-hydrogen) atoms. The predicted molar refractivity (Wildman–Crippen MR) is 91.4 cm³/mol. The van der Waals surface area contributed by atoms with Gasteiger partial charge in [0.15, 0.2) is 6.10 Å². The molecule has 0 spiro atoms. The minimum atomic E-state index is -0.542. The average molecular weight is 337 g/mol. The summed E-state index contributed by atoms with van der Waals surface area (Å²) >= 11 is 0. The first-order valence-corrected chi connectivity index (χ1v) is 7.64. The molecule has 0 unspecified atom stereocenters. The molecular weight excluding hydrogens is 322 g/mol. The Morgan fingerprint density at radius 2 is 1.96 bits per heavy atom. The topological polar surface area (TPSA) is 78.7 Å². The fourth-order valence-electron chi connectivity index (χ4n) is 2.45. The summed E-state index contributed by atoms with van der Waals surface area (Å²) in [5.74, 6) is 0.00593. The minimum absolute atomic E-state index is 0.0321. The summed E-state index contributed by atoms with van der Waals surface area (Å²) in [5, 5.41) is 10.8. The monoisotopic (exact) mass is 337 g/mol. The van der Waals surface area contributed by atoms with E-state index in [2.05, 4.69) is 0 Å². The molecule has 2 aromatic carbocycles. The molecule has 1 aliphatic heterocycles. The number of nitrogens with zero attached hydrogens (tertiary/aromatic N) is 1. The molecule has 126 valence electrons. The highest BCUT2D eigenvalue weighted by molar-refractivity contribution is 5.85. The van der Waals surface area contributed by atoms with Crippen LogP contribution in [0.4, 0.5) is 5.69 Å². The lowest BCUT2D eigenvalue weighted by atomic mass is 10.1. The maximum atomic E-state index is 11.5. The normalized spacial score (nSPS) is 16.6. The highest BCUT2D eigenvalue weighted by Crippen LogP contribution is 2.31. The average Bonchev–Trinajstić information content (AvgIpc) is 3.00. The number of carbonyl (C=O) groups is 1. The first-order valence-electron chi connectivity index (χ1n) is 7.64. The first-order chi connectivity index (χ1) is 12.1. The van der Waals surface area contributed by atoms with Gasteiger partial charge in [0.25, 0.3) is 5.69 Å². The number of esters is 1. The van der Waals surface area contributed by atoms with Crippen LogP contribution in [0.15, 0.2) is 72.5 Å². The standard InChI is InChI=1S/C19H15NO5/c21-18-13-17(19(25-18)15-8-2-1-3-9-15)24-11-5-7-14-6-4-10-16(12-14)20(22)23/h1-10,12-13,19H,11H2/b7-5+/t19-/m0/s1. The van der Waals surface area contributed by atoms with Gasteiger partial charge in [0.05, 0.1) is 11.0 Å². The highest BCUT2D eigenvalue weighted by atomic mass is 16.6. The van der Waals surface area contributed by atoms with Crippen LogP contribution in [0.2, 0.25) is 0 Å². The van der Waals surface area contributed by atoms with E-state index in [-0.39, 0.29) is 12.3 Å². The van der Waals surface area contributed by atoms with E-state index in [0.717, 1.165) is 5.56 Å². The van der Waals surface area contributed by atoms with E-state index in [4.69, 9.17) is 9.47 Å². The smallest absolute Gasteiger partial charge is 0.335 e.